The Labute approximate surface area is 252 Å². The number of H-pyrrole nitrogens is 1. The van der Waals surface area contributed by atoms with Crippen LogP contribution in [0.5, 0.6) is 5.88 Å². The highest BCUT2D eigenvalue weighted by Crippen LogP contribution is 2.34. The molecule has 10 heteroatoms. The van der Waals surface area contributed by atoms with E-state index in [1.165, 1.54) is 24.1 Å². The number of aromatic amines is 1. The second-order valence-electron chi connectivity index (χ2n) is 10.2. The SMILES string of the molecule is COc1ncc(-c2ccc(NC(=O)C(NC(=O)c3ccnn3C)C(c3ccccc3)c3ccccc3)cc2F)c2cc[nH]c12. The van der Waals surface area contributed by atoms with Crippen molar-refractivity contribution in [1.29, 1.82) is 0 Å². The zero-order chi connectivity index (χ0) is 30.6. The monoisotopic (exact) mass is 588 g/mol. The molecular formula is C34H29FN6O3. The summed E-state index contributed by atoms with van der Waals surface area (Å²) in [5.74, 6) is -1.67. The van der Waals surface area contributed by atoms with Crippen molar-refractivity contribution in [2.45, 2.75) is 12.0 Å². The highest BCUT2D eigenvalue weighted by molar-refractivity contribution is 6.02. The van der Waals surface area contributed by atoms with Crippen LogP contribution in [0, 0.1) is 5.82 Å². The Balaban J connectivity index is 1.35. The smallest absolute Gasteiger partial charge is 0.270 e. The number of halogens is 1. The van der Waals surface area contributed by atoms with E-state index in [1.54, 1.807) is 37.6 Å². The number of pyridine rings is 1. The van der Waals surface area contributed by atoms with Crippen molar-refractivity contribution in [1.82, 2.24) is 25.1 Å². The van der Waals surface area contributed by atoms with E-state index >= 15 is 4.39 Å². The Kier molecular flexibility index (Phi) is 7.88. The van der Waals surface area contributed by atoms with Crippen molar-refractivity contribution < 1.29 is 18.7 Å². The van der Waals surface area contributed by atoms with Crippen molar-refractivity contribution in [2.24, 2.45) is 7.05 Å². The maximum Gasteiger partial charge on any atom is 0.270 e. The van der Waals surface area contributed by atoms with Crippen LogP contribution >= 0.6 is 0 Å². The molecule has 44 heavy (non-hydrogen) atoms. The largest absolute Gasteiger partial charge is 0.479 e. The molecule has 9 nitrogen and oxygen atoms in total. The fourth-order valence-electron chi connectivity index (χ4n) is 5.44. The van der Waals surface area contributed by atoms with Gasteiger partial charge in [-0.25, -0.2) is 9.37 Å². The first-order valence-electron chi connectivity index (χ1n) is 13.9. The number of ether oxygens (including phenoxy) is 1. The van der Waals surface area contributed by atoms with E-state index < -0.39 is 29.6 Å². The van der Waals surface area contributed by atoms with Gasteiger partial charge in [-0.3, -0.25) is 14.3 Å². The molecule has 0 fully saturated rings. The van der Waals surface area contributed by atoms with Crippen LogP contribution in [0.2, 0.25) is 0 Å². The van der Waals surface area contributed by atoms with Gasteiger partial charge in [-0.1, -0.05) is 60.7 Å². The standard InChI is InChI=1S/C34H29FN6O3/c1-41-28(16-18-38-41)32(42)40-31(29(21-9-5-3-6-10-21)22-11-7-4-8-12-22)33(43)39-23-13-14-24(27(35)19-23)26-20-37-34(44-2)30-25(26)15-17-36-30/h3-20,29,31,36H,1-2H3,(H,39,43)(H,40,42). The Bertz CT molecular complexity index is 1900. The molecule has 6 aromatic rings. The molecule has 3 heterocycles. The Morgan fingerprint density at radius 3 is 2.25 bits per heavy atom. The minimum atomic E-state index is -1.06. The Morgan fingerprint density at radius 2 is 1.64 bits per heavy atom. The summed E-state index contributed by atoms with van der Waals surface area (Å²) in [6.45, 7) is 0. The molecular weight excluding hydrogens is 559 g/mol. The average Bonchev–Trinajstić information content (AvgIpc) is 3.71. The molecule has 3 N–H and O–H groups in total. The van der Waals surface area contributed by atoms with Crippen LogP contribution in [0.25, 0.3) is 22.0 Å². The molecule has 1 atom stereocenters. The molecule has 0 aliphatic carbocycles. The number of hydrogen-bond donors (Lipinski definition) is 3. The topological polar surface area (TPSA) is 114 Å². The summed E-state index contributed by atoms with van der Waals surface area (Å²) >= 11 is 0. The zero-order valence-electron chi connectivity index (χ0n) is 24.0. The van der Waals surface area contributed by atoms with E-state index in [9.17, 15) is 9.59 Å². The van der Waals surface area contributed by atoms with Crippen molar-refractivity contribution in [2.75, 3.05) is 12.4 Å². The van der Waals surface area contributed by atoms with Gasteiger partial charge in [0.25, 0.3) is 5.91 Å². The molecule has 0 saturated heterocycles. The Morgan fingerprint density at radius 1 is 0.932 bits per heavy atom. The van der Waals surface area contributed by atoms with Crippen molar-refractivity contribution >= 4 is 28.4 Å². The first-order valence-corrected chi connectivity index (χ1v) is 13.9. The predicted molar refractivity (Wildman–Crippen MR) is 166 cm³/mol. The lowest BCUT2D eigenvalue weighted by Gasteiger charge is -2.28. The van der Waals surface area contributed by atoms with E-state index in [0.717, 1.165) is 16.5 Å². The minimum Gasteiger partial charge on any atom is -0.479 e. The number of nitrogens with one attached hydrogen (secondary N) is 3. The number of fused-ring (bicyclic) bond motifs is 1. The van der Waals surface area contributed by atoms with E-state index in [-0.39, 0.29) is 5.69 Å². The number of benzene rings is 3. The normalized spacial score (nSPS) is 11.8. The predicted octanol–water partition coefficient (Wildman–Crippen LogP) is 5.68. The van der Waals surface area contributed by atoms with E-state index in [2.05, 4.69) is 25.7 Å². The van der Waals surface area contributed by atoms with Crippen LogP contribution in [0.1, 0.15) is 27.5 Å². The van der Waals surface area contributed by atoms with Gasteiger partial charge in [-0.2, -0.15) is 5.10 Å². The van der Waals surface area contributed by atoms with Crippen LogP contribution in [0.15, 0.2) is 110 Å². The highest BCUT2D eigenvalue weighted by Gasteiger charge is 2.33. The second kappa shape index (κ2) is 12.2. The number of aromatic nitrogens is 4. The molecule has 3 aromatic heterocycles. The summed E-state index contributed by atoms with van der Waals surface area (Å²) in [6, 6.07) is 25.8. The third-order valence-corrected chi connectivity index (χ3v) is 7.56. The molecule has 220 valence electrons. The molecule has 1 unspecified atom stereocenters. The number of hydrogen-bond acceptors (Lipinski definition) is 5. The molecule has 2 amide bonds. The zero-order valence-corrected chi connectivity index (χ0v) is 24.0. The summed E-state index contributed by atoms with van der Waals surface area (Å²) in [4.78, 5) is 34.9. The number of nitrogens with zero attached hydrogens (tertiary/aromatic N) is 3. The third-order valence-electron chi connectivity index (χ3n) is 7.56. The quantitative estimate of drug-likeness (QED) is 0.201. The average molecular weight is 589 g/mol. The van der Waals surface area contributed by atoms with Crippen molar-refractivity contribution in [3.8, 4) is 17.0 Å². The van der Waals surface area contributed by atoms with Gasteiger partial charge in [0, 0.05) is 53.8 Å². The van der Waals surface area contributed by atoms with Gasteiger partial charge in [0.15, 0.2) is 0 Å². The van der Waals surface area contributed by atoms with Gasteiger partial charge in [0.05, 0.1) is 7.11 Å². The van der Waals surface area contributed by atoms with Crippen LogP contribution in [-0.2, 0) is 11.8 Å². The summed E-state index contributed by atoms with van der Waals surface area (Å²) in [5.41, 5.74) is 3.73. The summed E-state index contributed by atoms with van der Waals surface area (Å²) < 4.78 is 22.4. The van der Waals surface area contributed by atoms with Gasteiger partial charge in [0.1, 0.15) is 23.1 Å². The first-order chi connectivity index (χ1) is 21.4. The van der Waals surface area contributed by atoms with Crippen LogP contribution in [-0.4, -0.2) is 44.7 Å². The number of amides is 2. The molecule has 6 rings (SSSR count). The molecule has 0 aliphatic heterocycles. The maximum absolute atomic E-state index is 15.6. The molecule has 3 aromatic carbocycles. The summed E-state index contributed by atoms with van der Waals surface area (Å²) in [5, 5.41) is 10.6. The van der Waals surface area contributed by atoms with Crippen molar-refractivity contribution in [3.05, 3.63) is 132 Å². The lowest BCUT2D eigenvalue weighted by atomic mass is 9.84. The van der Waals surface area contributed by atoms with E-state index in [0.29, 0.717) is 28.2 Å². The van der Waals surface area contributed by atoms with Gasteiger partial charge < -0.3 is 20.4 Å². The number of aryl methyl sites for hydroxylation is 1. The molecule has 0 aliphatic rings. The van der Waals surface area contributed by atoms with Crippen LogP contribution in [0.3, 0.4) is 0 Å². The van der Waals surface area contributed by atoms with Crippen LogP contribution < -0.4 is 15.4 Å². The lowest BCUT2D eigenvalue weighted by Crippen LogP contribution is -2.48. The summed E-state index contributed by atoms with van der Waals surface area (Å²) in [6.07, 6.45) is 4.81. The van der Waals surface area contributed by atoms with Crippen molar-refractivity contribution in [3.63, 3.8) is 0 Å². The van der Waals surface area contributed by atoms with Gasteiger partial charge in [-0.15, -0.1) is 0 Å². The van der Waals surface area contributed by atoms with Gasteiger partial charge >= 0.3 is 0 Å². The number of rotatable bonds is 9. The molecule has 0 saturated carbocycles. The van der Waals surface area contributed by atoms with Crippen LogP contribution in [0.4, 0.5) is 10.1 Å². The third kappa shape index (κ3) is 5.52. The maximum atomic E-state index is 15.6. The molecule has 0 radical (unpaired) electrons. The van der Waals surface area contributed by atoms with E-state index in [1.807, 2.05) is 66.7 Å². The lowest BCUT2D eigenvalue weighted by molar-refractivity contribution is -0.118. The van der Waals surface area contributed by atoms with Gasteiger partial charge in [-0.05, 0) is 41.5 Å². The fraction of sp³-hybridized carbons (Fsp3) is 0.118. The fourth-order valence-corrected chi connectivity index (χ4v) is 5.44. The molecule has 0 bridgehead atoms. The van der Waals surface area contributed by atoms with Gasteiger partial charge in [0.2, 0.25) is 11.8 Å². The first kappa shape index (κ1) is 28.4. The van der Waals surface area contributed by atoms with E-state index in [4.69, 9.17) is 4.74 Å². The highest BCUT2D eigenvalue weighted by atomic mass is 19.1. The number of carbonyl (C=O) groups is 2. The number of carbonyl (C=O) groups excluding carboxylic acids is 2. The minimum absolute atomic E-state index is 0.239. The Hall–Kier alpha value is -5.77. The second-order valence-corrected chi connectivity index (χ2v) is 10.2. The molecule has 0 spiro atoms. The summed E-state index contributed by atoms with van der Waals surface area (Å²) in [7, 11) is 3.17. The number of methoxy groups -OCH3 is 1. The number of anilines is 1.